The Morgan fingerprint density at radius 3 is 2.65 bits per heavy atom. The Balaban J connectivity index is 2.81. The summed E-state index contributed by atoms with van der Waals surface area (Å²) < 4.78 is 153. The molecule has 1 aromatic rings. The van der Waals surface area contributed by atoms with Gasteiger partial charge >= 0.3 is 5.97 Å². The summed E-state index contributed by atoms with van der Waals surface area (Å²) in [5.41, 5.74) is -4.35. The summed E-state index contributed by atoms with van der Waals surface area (Å²) in [5, 5.41) is 4.60. The van der Waals surface area contributed by atoms with E-state index in [-0.39, 0.29) is 4.90 Å². The normalized spacial score (nSPS) is 40.0. The van der Waals surface area contributed by atoms with Crippen molar-refractivity contribution in [3.8, 4) is 11.8 Å². The Bertz CT molecular complexity index is 1250. The quantitative estimate of drug-likeness (QED) is 0.559. The summed E-state index contributed by atoms with van der Waals surface area (Å²) in [6, 6.07) is 5.66. The molecule has 0 aliphatic heterocycles. The summed E-state index contributed by atoms with van der Waals surface area (Å²) >= 11 is 0. The van der Waals surface area contributed by atoms with Gasteiger partial charge in [0.05, 0.1) is 9.24 Å². The van der Waals surface area contributed by atoms with E-state index < -0.39 is 81.0 Å². The highest BCUT2D eigenvalue weighted by atomic mass is 16.5. The van der Waals surface area contributed by atoms with Gasteiger partial charge in [0, 0.05) is 26.5 Å². The molecule has 4 nitrogen and oxygen atoms in total. The Hall–Kier alpha value is -1.83. The molecule has 1 fully saturated rings. The smallest absolute Gasteiger partial charge is 0.344 e. The number of esters is 1. The van der Waals surface area contributed by atoms with Gasteiger partial charge in [0.1, 0.15) is 0 Å². The minimum absolute atomic E-state index is 0.144. The highest BCUT2D eigenvalue weighted by molar-refractivity contribution is 5.81. The number of carbonyl (C=O) groups excluding carboxylic acids is 1. The second kappa shape index (κ2) is 10.4. The van der Waals surface area contributed by atoms with Crippen LogP contribution in [0.5, 0.6) is 0 Å². The molecule has 0 radical (unpaired) electrons. The average molecular weight is 376 g/mol. The van der Waals surface area contributed by atoms with Gasteiger partial charge in [-0.3, -0.25) is 4.90 Å². The topological polar surface area (TPSA) is 49.8 Å². The summed E-state index contributed by atoms with van der Waals surface area (Å²) in [6.45, 7) is -7.65. The molecule has 1 saturated carbocycles. The molecule has 1 aromatic carbocycles. The second-order valence-electron chi connectivity index (χ2n) is 4.82. The first kappa shape index (κ1) is 6.96. The lowest BCUT2D eigenvalue weighted by molar-refractivity contribution is -0.174. The number of ether oxygens (including phenoxy) is 1. The van der Waals surface area contributed by atoms with Crippen LogP contribution >= 0.6 is 0 Å². The number of hydrogen-bond acceptors (Lipinski definition) is 4. The van der Waals surface area contributed by atoms with E-state index in [1.807, 2.05) is 11.8 Å². The lowest BCUT2D eigenvalue weighted by Gasteiger charge is -2.36. The predicted molar refractivity (Wildman–Crippen MR) is 103 cm³/mol. The first-order chi connectivity index (χ1) is 19.4. The molecule has 1 N–H and O–H groups in total. The lowest BCUT2D eigenvalue weighted by atomic mass is 9.73. The maximum atomic E-state index is 13.8. The van der Waals surface area contributed by atoms with E-state index in [4.69, 9.17) is 29.5 Å². The average Bonchev–Trinajstić information content (AvgIpc) is 2.84. The van der Waals surface area contributed by atoms with E-state index in [2.05, 4.69) is 5.11 Å². The number of aliphatic hydroxyl groups is 1. The number of nitrogens with zero attached hydrogens (tertiary/aromatic N) is 1. The first-order valence-electron chi connectivity index (χ1n) is 16.5. The third-order valence-corrected chi connectivity index (χ3v) is 3.30. The zero-order valence-corrected chi connectivity index (χ0v) is 14.3. The zero-order valence-electron chi connectivity index (χ0n) is 32.3. The van der Waals surface area contributed by atoms with Gasteiger partial charge in [-0.2, -0.15) is 0 Å². The minimum atomic E-state index is -4.15. The number of rotatable bonds is 8. The molecule has 142 valence electrons. The van der Waals surface area contributed by atoms with E-state index in [1.54, 1.807) is 0 Å². The summed E-state index contributed by atoms with van der Waals surface area (Å²) in [4.78, 5) is 13.9. The van der Waals surface area contributed by atoms with Crippen molar-refractivity contribution in [3.63, 3.8) is 0 Å². The van der Waals surface area contributed by atoms with E-state index >= 15 is 0 Å². The van der Waals surface area contributed by atoms with Crippen LogP contribution in [0.25, 0.3) is 0 Å². The van der Waals surface area contributed by atoms with Crippen LogP contribution < -0.4 is 0 Å². The standard InChI is InChI=1S/C22H31NO3/c1-3-23(4-2)17-11-12-18-26-21(24)22(25,19-13-7-5-8-14-19)20-15-9-6-10-16-20/h5,7-8,13-14,20,25H,3-4,6,9-10,15-18H2,1-2H3/i3D2,4D2,6D2,9D2,10D2,15D2,16D2,17D2,20D,25D. The molecule has 1 atom stereocenters. The largest absolute Gasteiger partial charge is 0.450 e. The fraction of sp³-hybridized carbons (Fsp3) is 0.591. The third-order valence-electron chi connectivity index (χ3n) is 3.30. The molecule has 1 aliphatic carbocycles. The molecule has 0 saturated heterocycles. The molecule has 0 spiro atoms. The SMILES string of the molecule is [2H]OC(C(=O)OCC#CC([2H])([2H])N(C([2H])([2H])C)C([2H])([2H])C)(c1ccccc1)C1([2H])C([2H])([2H])C([2H])([2H])C([2H])([2H])C([2H])([2H])C1([2H])[2H]. The van der Waals surface area contributed by atoms with Crippen molar-refractivity contribution in [1.82, 2.24) is 4.90 Å². The maximum Gasteiger partial charge on any atom is 0.344 e. The summed E-state index contributed by atoms with van der Waals surface area (Å²) in [7, 11) is 0. The van der Waals surface area contributed by atoms with Crippen LogP contribution in [-0.4, -0.2) is 43.5 Å². The fourth-order valence-corrected chi connectivity index (χ4v) is 2.02. The van der Waals surface area contributed by atoms with Crippen molar-refractivity contribution in [2.75, 3.05) is 26.1 Å². The number of hydrogen-bond donors (Lipinski definition) is 1. The Kier molecular flexibility index (Phi) is 2.77. The van der Waals surface area contributed by atoms with Crippen LogP contribution in [0.4, 0.5) is 0 Å². The van der Waals surface area contributed by atoms with Gasteiger partial charge < -0.3 is 9.85 Å². The molecule has 4 heteroatoms. The molecule has 0 bridgehead atoms. The van der Waals surface area contributed by atoms with Gasteiger partial charge in [0.25, 0.3) is 0 Å². The van der Waals surface area contributed by atoms with E-state index in [1.165, 1.54) is 18.2 Å². The zero-order chi connectivity index (χ0) is 34.8. The van der Waals surface area contributed by atoms with Crippen molar-refractivity contribution in [1.29, 1.82) is 1.43 Å². The molecular formula is C22H31NO3. The molecule has 1 aliphatic rings. The van der Waals surface area contributed by atoms with Crippen LogP contribution in [0, 0.1) is 17.7 Å². The van der Waals surface area contributed by atoms with Gasteiger partial charge in [-0.25, -0.2) is 4.79 Å². The van der Waals surface area contributed by atoms with Crippen molar-refractivity contribution < 1.29 is 37.9 Å². The highest BCUT2D eigenvalue weighted by Crippen LogP contribution is 2.40. The Labute approximate surface area is 182 Å². The van der Waals surface area contributed by atoms with Crippen LogP contribution in [0.15, 0.2) is 30.3 Å². The van der Waals surface area contributed by atoms with Gasteiger partial charge in [0.2, 0.25) is 1.43 Å². The molecule has 0 amide bonds. The lowest BCUT2D eigenvalue weighted by Crippen LogP contribution is -2.45. The van der Waals surface area contributed by atoms with Gasteiger partial charge in [-0.05, 0) is 31.3 Å². The summed E-state index contributed by atoms with van der Waals surface area (Å²) in [5.74, 6) is -2.22. The van der Waals surface area contributed by atoms with Crippen molar-refractivity contribution >= 4 is 5.97 Å². The van der Waals surface area contributed by atoms with E-state index in [9.17, 15) is 4.79 Å². The van der Waals surface area contributed by atoms with Crippen molar-refractivity contribution in [3.05, 3.63) is 35.9 Å². The van der Waals surface area contributed by atoms with Crippen LogP contribution in [0.3, 0.4) is 0 Å². The monoisotopic (exact) mass is 375 g/mol. The number of carbonyl (C=O) groups is 1. The van der Waals surface area contributed by atoms with Gasteiger partial charge in [-0.15, -0.1) is 0 Å². The van der Waals surface area contributed by atoms with Crippen LogP contribution in [0.1, 0.15) is 74.6 Å². The van der Waals surface area contributed by atoms with E-state index in [0.717, 1.165) is 26.0 Å². The van der Waals surface area contributed by atoms with Gasteiger partial charge in [-0.1, -0.05) is 75.1 Å². The van der Waals surface area contributed by atoms with Crippen LogP contribution in [0.2, 0.25) is 0 Å². The van der Waals surface area contributed by atoms with E-state index in [0.29, 0.717) is 0 Å². The third kappa shape index (κ3) is 5.09. The first-order valence-corrected chi connectivity index (χ1v) is 7.59. The van der Waals surface area contributed by atoms with Gasteiger partial charge in [0.15, 0.2) is 12.2 Å². The minimum Gasteiger partial charge on any atom is -0.450 e. The van der Waals surface area contributed by atoms with Crippen LogP contribution in [-0.2, 0) is 15.1 Å². The molecule has 1 unspecified atom stereocenters. The number of benzene rings is 1. The van der Waals surface area contributed by atoms with Crippen molar-refractivity contribution in [2.24, 2.45) is 5.89 Å². The Morgan fingerprint density at radius 2 is 2.04 bits per heavy atom. The molecule has 26 heavy (non-hydrogen) atoms. The second-order valence-corrected chi connectivity index (χ2v) is 4.82. The molecular weight excluding hydrogens is 326 g/mol. The predicted octanol–water partition coefficient (Wildman–Crippen LogP) is 3.34. The highest BCUT2D eigenvalue weighted by Gasteiger charge is 2.46. The fourth-order valence-electron chi connectivity index (χ4n) is 2.02. The maximum absolute atomic E-state index is 13.8. The molecule has 0 aromatic heterocycles. The Morgan fingerprint density at radius 1 is 1.35 bits per heavy atom. The summed E-state index contributed by atoms with van der Waals surface area (Å²) in [6.07, 6.45) is -20.3. The van der Waals surface area contributed by atoms with Crippen molar-refractivity contribution in [2.45, 2.75) is 51.3 Å². The molecule has 2 rings (SSSR count). The molecule has 0 heterocycles.